The number of hydrogen-bond donors (Lipinski definition) is 0. The van der Waals surface area contributed by atoms with Crippen LogP contribution in [0.4, 0.5) is 0 Å². The molecule has 2 aromatic carbocycles. The number of benzene rings is 2. The van der Waals surface area contributed by atoms with E-state index >= 15 is 0 Å². The van der Waals surface area contributed by atoms with Crippen LogP contribution in [-0.4, -0.2) is 0 Å². The molecular weight excluding hydrogens is 312 g/mol. The highest BCUT2D eigenvalue weighted by Crippen LogP contribution is 2.29. The molecule has 0 aromatic heterocycles. The zero-order chi connectivity index (χ0) is 14.6. The lowest BCUT2D eigenvalue weighted by atomic mass is 9.82. The Morgan fingerprint density at radius 3 is 1.85 bits per heavy atom. The summed E-state index contributed by atoms with van der Waals surface area (Å²) in [6.45, 7) is 6.75. The third-order valence-electron chi connectivity index (χ3n) is 3.83. The van der Waals surface area contributed by atoms with Crippen molar-refractivity contribution in [3.8, 4) is 11.5 Å². The molecule has 0 saturated carbocycles. The molecule has 106 valence electrons. The minimum atomic E-state index is 0.218. The van der Waals surface area contributed by atoms with Gasteiger partial charge < -0.3 is 4.74 Å². The number of rotatable bonds is 5. The summed E-state index contributed by atoms with van der Waals surface area (Å²) in [7, 11) is 0. The van der Waals surface area contributed by atoms with Crippen molar-refractivity contribution in [2.75, 3.05) is 0 Å². The fourth-order valence-corrected chi connectivity index (χ4v) is 2.33. The van der Waals surface area contributed by atoms with E-state index in [9.17, 15) is 0 Å². The highest BCUT2D eigenvalue weighted by molar-refractivity contribution is 9.08. The minimum absolute atomic E-state index is 0.218. The topological polar surface area (TPSA) is 9.23 Å². The average molecular weight is 333 g/mol. The summed E-state index contributed by atoms with van der Waals surface area (Å²) >= 11 is 3.44. The molecule has 0 atom stereocenters. The second kappa shape index (κ2) is 6.45. The van der Waals surface area contributed by atoms with Crippen LogP contribution in [0.15, 0.2) is 48.5 Å². The lowest BCUT2D eigenvalue weighted by Crippen LogP contribution is -2.14. The number of halogens is 1. The third-order valence-corrected chi connectivity index (χ3v) is 4.48. The van der Waals surface area contributed by atoms with Gasteiger partial charge in [0.25, 0.3) is 0 Å². The van der Waals surface area contributed by atoms with E-state index in [4.69, 9.17) is 4.74 Å². The van der Waals surface area contributed by atoms with Crippen LogP contribution in [0.5, 0.6) is 11.5 Å². The first-order valence-electron chi connectivity index (χ1n) is 6.98. The van der Waals surface area contributed by atoms with Crippen LogP contribution in [-0.2, 0) is 10.7 Å². The van der Waals surface area contributed by atoms with Crippen LogP contribution in [0.1, 0.15) is 38.3 Å². The summed E-state index contributed by atoms with van der Waals surface area (Å²) in [6.07, 6.45) is 1.13. The summed E-state index contributed by atoms with van der Waals surface area (Å²) in [5, 5.41) is 0.869. The Bertz CT molecular complexity index is 541. The van der Waals surface area contributed by atoms with E-state index in [1.165, 1.54) is 11.1 Å². The van der Waals surface area contributed by atoms with E-state index in [-0.39, 0.29) is 5.41 Å². The number of hydrogen-bond acceptors (Lipinski definition) is 1. The second-order valence-corrected chi connectivity index (χ2v) is 6.20. The molecule has 0 saturated heterocycles. The summed E-state index contributed by atoms with van der Waals surface area (Å²) in [5.41, 5.74) is 2.81. The largest absolute Gasteiger partial charge is 0.457 e. The van der Waals surface area contributed by atoms with Crippen molar-refractivity contribution in [2.45, 2.75) is 37.9 Å². The smallest absolute Gasteiger partial charge is 0.127 e. The predicted octanol–water partition coefficient (Wildman–Crippen LogP) is 6.06. The van der Waals surface area contributed by atoms with Crippen LogP contribution in [0, 0.1) is 0 Å². The quantitative estimate of drug-likeness (QED) is 0.604. The van der Waals surface area contributed by atoms with Gasteiger partial charge in [0.15, 0.2) is 0 Å². The molecule has 2 aromatic rings. The molecule has 2 heteroatoms. The minimum Gasteiger partial charge on any atom is -0.457 e. The van der Waals surface area contributed by atoms with Gasteiger partial charge in [-0.3, -0.25) is 0 Å². The first-order chi connectivity index (χ1) is 9.55. The molecule has 0 aliphatic carbocycles. The first kappa shape index (κ1) is 15.1. The van der Waals surface area contributed by atoms with E-state index in [1.54, 1.807) is 0 Å². The van der Waals surface area contributed by atoms with Gasteiger partial charge in [0.1, 0.15) is 11.5 Å². The van der Waals surface area contributed by atoms with Crippen LogP contribution in [0.25, 0.3) is 0 Å². The zero-order valence-corrected chi connectivity index (χ0v) is 13.9. The SMILES string of the molecule is CCC(C)(C)c1ccc(Oc2ccc(CBr)cc2)cc1. The van der Waals surface area contributed by atoms with E-state index in [0.29, 0.717) is 0 Å². The van der Waals surface area contributed by atoms with Crippen molar-refractivity contribution in [3.63, 3.8) is 0 Å². The Hall–Kier alpha value is -1.28. The Kier molecular flexibility index (Phi) is 4.87. The molecule has 1 nitrogen and oxygen atoms in total. The molecule has 0 bridgehead atoms. The molecule has 0 aliphatic heterocycles. The normalized spacial score (nSPS) is 11.4. The Balaban J connectivity index is 2.10. The molecule has 0 radical (unpaired) electrons. The first-order valence-corrected chi connectivity index (χ1v) is 8.10. The highest BCUT2D eigenvalue weighted by atomic mass is 79.9. The molecular formula is C18H21BrO. The fraction of sp³-hybridized carbons (Fsp3) is 0.333. The number of alkyl halides is 1. The van der Waals surface area contributed by atoms with E-state index in [0.717, 1.165) is 23.2 Å². The van der Waals surface area contributed by atoms with Crippen LogP contribution >= 0.6 is 15.9 Å². The van der Waals surface area contributed by atoms with Gasteiger partial charge in [-0.2, -0.15) is 0 Å². The molecule has 20 heavy (non-hydrogen) atoms. The summed E-state index contributed by atoms with van der Waals surface area (Å²) in [5.74, 6) is 1.75. The molecule has 0 spiro atoms. The Labute approximate surface area is 130 Å². The molecule has 0 N–H and O–H groups in total. The van der Waals surface area contributed by atoms with Crippen molar-refractivity contribution in [3.05, 3.63) is 59.7 Å². The van der Waals surface area contributed by atoms with E-state index in [1.807, 2.05) is 24.3 Å². The lowest BCUT2D eigenvalue weighted by Gasteiger charge is -2.23. The van der Waals surface area contributed by atoms with Gasteiger partial charge in [-0.15, -0.1) is 0 Å². The van der Waals surface area contributed by atoms with Crippen molar-refractivity contribution >= 4 is 15.9 Å². The molecule has 0 amide bonds. The van der Waals surface area contributed by atoms with Crippen LogP contribution in [0.2, 0.25) is 0 Å². The van der Waals surface area contributed by atoms with Crippen molar-refractivity contribution < 1.29 is 4.74 Å². The molecule has 0 aliphatic rings. The lowest BCUT2D eigenvalue weighted by molar-refractivity contribution is 0.478. The summed E-state index contributed by atoms with van der Waals surface area (Å²) in [6, 6.07) is 16.5. The van der Waals surface area contributed by atoms with E-state index < -0.39 is 0 Å². The average Bonchev–Trinajstić information content (AvgIpc) is 2.48. The maximum absolute atomic E-state index is 5.86. The van der Waals surface area contributed by atoms with Gasteiger partial charge in [0.2, 0.25) is 0 Å². The summed E-state index contributed by atoms with van der Waals surface area (Å²) in [4.78, 5) is 0. The van der Waals surface area contributed by atoms with Gasteiger partial charge in [-0.25, -0.2) is 0 Å². The molecule has 0 unspecified atom stereocenters. The van der Waals surface area contributed by atoms with Crippen molar-refractivity contribution in [1.82, 2.24) is 0 Å². The van der Waals surface area contributed by atoms with Gasteiger partial charge >= 0.3 is 0 Å². The molecule has 0 fully saturated rings. The maximum atomic E-state index is 5.86. The zero-order valence-electron chi connectivity index (χ0n) is 12.3. The monoisotopic (exact) mass is 332 g/mol. The standard InChI is InChI=1S/C18H21BrO/c1-4-18(2,3)15-7-11-17(12-8-15)20-16-9-5-14(13-19)6-10-16/h5-12H,4,13H2,1-3H3. The van der Waals surface area contributed by atoms with Gasteiger partial charge in [-0.1, -0.05) is 61.0 Å². The molecule has 2 rings (SSSR count). The summed E-state index contributed by atoms with van der Waals surface area (Å²) < 4.78 is 5.86. The predicted molar refractivity (Wildman–Crippen MR) is 88.9 cm³/mol. The fourth-order valence-electron chi connectivity index (χ4n) is 1.96. The maximum Gasteiger partial charge on any atom is 0.127 e. The van der Waals surface area contributed by atoms with E-state index in [2.05, 4.69) is 61.0 Å². The Morgan fingerprint density at radius 1 is 0.900 bits per heavy atom. The molecule has 0 heterocycles. The van der Waals surface area contributed by atoms with Gasteiger partial charge in [-0.05, 0) is 47.2 Å². The van der Waals surface area contributed by atoms with Crippen LogP contribution < -0.4 is 4.74 Å². The Morgan fingerprint density at radius 2 is 1.40 bits per heavy atom. The van der Waals surface area contributed by atoms with Gasteiger partial charge in [0, 0.05) is 5.33 Å². The van der Waals surface area contributed by atoms with Crippen molar-refractivity contribution in [1.29, 1.82) is 0 Å². The van der Waals surface area contributed by atoms with Crippen molar-refractivity contribution in [2.24, 2.45) is 0 Å². The highest BCUT2D eigenvalue weighted by Gasteiger charge is 2.17. The third kappa shape index (κ3) is 3.63. The number of ether oxygens (including phenoxy) is 1. The van der Waals surface area contributed by atoms with Gasteiger partial charge in [0.05, 0.1) is 0 Å². The van der Waals surface area contributed by atoms with Crippen LogP contribution in [0.3, 0.4) is 0 Å². The second-order valence-electron chi connectivity index (χ2n) is 5.64.